The van der Waals surface area contributed by atoms with Gasteiger partial charge in [-0.1, -0.05) is 32.1 Å². The molecule has 0 aromatic carbocycles. The topological polar surface area (TPSA) is 29.5 Å². The predicted octanol–water partition coefficient (Wildman–Crippen LogP) is 2.80. The molecule has 0 atom stereocenters. The molecule has 1 fully saturated rings. The van der Waals surface area contributed by atoms with Gasteiger partial charge in [-0.25, -0.2) is 4.79 Å². The maximum absolute atomic E-state index is 11.3. The second-order valence-electron chi connectivity index (χ2n) is 3.93. The van der Waals surface area contributed by atoms with E-state index in [4.69, 9.17) is 4.74 Å². The van der Waals surface area contributed by atoms with Gasteiger partial charge < -0.3 is 9.64 Å². The van der Waals surface area contributed by atoms with Gasteiger partial charge >= 0.3 is 6.09 Å². The molecule has 1 aliphatic rings. The van der Waals surface area contributed by atoms with Crippen molar-refractivity contribution in [2.45, 2.75) is 44.9 Å². The van der Waals surface area contributed by atoms with Crippen molar-refractivity contribution in [1.82, 2.24) is 4.90 Å². The molecule has 82 valence electrons. The normalized spacial score (nSPS) is 20.2. The van der Waals surface area contributed by atoms with Crippen LogP contribution in [0.3, 0.4) is 0 Å². The Morgan fingerprint density at radius 1 is 0.929 bits per heavy atom. The van der Waals surface area contributed by atoms with Crippen LogP contribution in [0.15, 0.2) is 0 Å². The SMILES string of the molecule is COC(=O)N1CCCCCCCCC1. The fourth-order valence-electron chi connectivity index (χ4n) is 1.91. The first-order chi connectivity index (χ1) is 6.84. The number of hydrogen-bond donors (Lipinski definition) is 0. The van der Waals surface area contributed by atoms with Gasteiger partial charge in [0.1, 0.15) is 0 Å². The summed E-state index contributed by atoms with van der Waals surface area (Å²) in [6, 6.07) is 0. The predicted molar refractivity (Wildman–Crippen MR) is 56.3 cm³/mol. The van der Waals surface area contributed by atoms with Crippen molar-refractivity contribution in [2.24, 2.45) is 0 Å². The first-order valence-corrected chi connectivity index (χ1v) is 5.67. The Kier molecular flexibility index (Phi) is 5.42. The van der Waals surface area contributed by atoms with Crippen molar-refractivity contribution in [3.8, 4) is 0 Å². The minimum Gasteiger partial charge on any atom is -0.453 e. The molecule has 3 heteroatoms. The summed E-state index contributed by atoms with van der Waals surface area (Å²) in [6.45, 7) is 1.74. The average molecular weight is 199 g/mol. The molecular weight excluding hydrogens is 178 g/mol. The van der Waals surface area contributed by atoms with Crippen LogP contribution < -0.4 is 0 Å². The quantitative estimate of drug-likeness (QED) is 0.600. The zero-order valence-corrected chi connectivity index (χ0v) is 9.13. The molecule has 1 amide bonds. The largest absolute Gasteiger partial charge is 0.453 e. The summed E-state index contributed by atoms with van der Waals surface area (Å²) in [5.74, 6) is 0. The molecule has 14 heavy (non-hydrogen) atoms. The Morgan fingerprint density at radius 3 is 1.79 bits per heavy atom. The Hall–Kier alpha value is -0.730. The van der Waals surface area contributed by atoms with Gasteiger partial charge in [-0.05, 0) is 12.8 Å². The second kappa shape index (κ2) is 6.68. The van der Waals surface area contributed by atoms with Crippen LogP contribution in [0.25, 0.3) is 0 Å². The number of methoxy groups -OCH3 is 1. The number of nitrogens with zero attached hydrogens (tertiary/aromatic N) is 1. The second-order valence-corrected chi connectivity index (χ2v) is 3.93. The van der Waals surface area contributed by atoms with Crippen molar-refractivity contribution < 1.29 is 9.53 Å². The highest BCUT2D eigenvalue weighted by atomic mass is 16.5. The van der Waals surface area contributed by atoms with Crippen LogP contribution in [-0.4, -0.2) is 31.2 Å². The highest BCUT2D eigenvalue weighted by Crippen LogP contribution is 2.12. The lowest BCUT2D eigenvalue weighted by atomic mass is 10.1. The fourth-order valence-corrected chi connectivity index (χ4v) is 1.91. The average Bonchev–Trinajstić information content (AvgIpc) is 2.24. The molecule has 1 saturated heterocycles. The maximum Gasteiger partial charge on any atom is 0.409 e. The fraction of sp³-hybridized carbons (Fsp3) is 0.909. The van der Waals surface area contributed by atoms with Crippen LogP contribution in [0.4, 0.5) is 4.79 Å². The van der Waals surface area contributed by atoms with E-state index in [1.807, 2.05) is 4.90 Å². The van der Waals surface area contributed by atoms with Gasteiger partial charge in [-0.15, -0.1) is 0 Å². The van der Waals surface area contributed by atoms with E-state index in [-0.39, 0.29) is 6.09 Å². The molecule has 0 aromatic heterocycles. The molecule has 0 aromatic rings. The number of ether oxygens (including phenoxy) is 1. The Bertz CT molecular complexity index is 161. The third kappa shape index (κ3) is 3.99. The van der Waals surface area contributed by atoms with E-state index in [9.17, 15) is 4.79 Å². The lowest BCUT2D eigenvalue weighted by Crippen LogP contribution is -2.33. The van der Waals surface area contributed by atoms with Gasteiger partial charge in [0.05, 0.1) is 7.11 Å². The number of carbonyl (C=O) groups excluding carboxylic acids is 1. The van der Waals surface area contributed by atoms with E-state index in [2.05, 4.69) is 0 Å². The summed E-state index contributed by atoms with van der Waals surface area (Å²) in [6.07, 6.45) is 8.55. The van der Waals surface area contributed by atoms with E-state index in [0.29, 0.717) is 0 Å². The van der Waals surface area contributed by atoms with Crippen LogP contribution >= 0.6 is 0 Å². The zero-order chi connectivity index (χ0) is 10.2. The summed E-state index contributed by atoms with van der Waals surface area (Å²) < 4.78 is 4.75. The summed E-state index contributed by atoms with van der Waals surface area (Å²) >= 11 is 0. The van der Waals surface area contributed by atoms with Crippen molar-refractivity contribution in [3.63, 3.8) is 0 Å². The first-order valence-electron chi connectivity index (χ1n) is 5.67. The summed E-state index contributed by atoms with van der Waals surface area (Å²) in [7, 11) is 1.46. The molecule has 0 aliphatic carbocycles. The lowest BCUT2D eigenvalue weighted by molar-refractivity contribution is 0.121. The number of carbonyl (C=O) groups is 1. The molecule has 0 N–H and O–H groups in total. The van der Waals surface area contributed by atoms with Crippen LogP contribution in [0, 0.1) is 0 Å². The summed E-state index contributed by atoms with van der Waals surface area (Å²) in [4.78, 5) is 13.2. The monoisotopic (exact) mass is 199 g/mol. The number of rotatable bonds is 0. The summed E-state index contributed by atoms with van der Waals surface area (Å²) in [5.41, 5.74) is 0. The van der Waals surface area contributed by atoms with Crippen molar-refractivity contribution in [2.75, 3.05) is 20.2 Å². The molecule has 1 heterocycles. The molecule has 0 spiro atoms. The third-order valence-electron chi connectivity index (χ3n) is 2.79. The van der Waals surface area contributed by atoms with E-state index in [0.717, 1.165) is 25.9 Å². The van der Waals surface area contributed by atoms with Gasteiger partial charge in [-0.3, -0.25) is 0 Å². The molecule has 0 saturated carbocycles. The van der Waals surface area contributed by atoms with Gasteiger partial charge in [0.15, 0.2) is 0 Å². The number of hydrogen-bond acceptors (Lipinski definition) is 2. The highest BCUT2D eigenvalue weighted by Gasteiger charge is 2.13. The Balaban J connectivity index is 2.34. The zero-order valence-electron chi connectivity index (χ0n) is 9.13. The van der Waals surface area contributed by atoms with Gasteiger partial charge in [-0.2, -0.15) is 0 Å². The van der Waals surface area contributed by atoms with Crippen molar-refractivity contribution >= 4 is 6.09 Å². The van der Waals surface area contributed by atoms with Crippen LogP contribution in [0.1, 0.15) is 44.9 Å². The summed E-state index contributed by atoms with van der Waals surface area (Å²) in [5, 5.41) is 0. The van der Waals surface area contributed by atoms with E-state index < -0.39 is 0 Å². The van der Waals surface area contributed by atoms with Gasteiger partial charge in [0, 0.05) is 13.1 Å². The van der Waals surface area contributed by atoms with E-state index >= 15 is 0 Å². The van der Waals surface area contributed by atoms with E-state index in [1.54, 1.807) is 0 Å². The van der Waals surface area contributed by atoms with E-state index in [1.165, 1.54) is 39.2 Å². The molecule has 0 bridgehead atoms. The van der Waals surface area contributed by atoms with Gasteiger partial charge in [0.25, 0.3) is 0 Å². The minimum absolute atomic E-state index is 0.162. The first kappa shape index (κ1) is 11.3. The lowest BCUT2D eigenvalue weighted by Gasteiger charge is -2.22. The smallest absolute Gasteiger partial charge is 0.409 e. The maximum atomic E-state index is 11.3. The minimum atomic E-state index is -0.162. The highest BCUT2D eigenvalue weighted by molar-refractivity contribution is 5.67. The Morgan fingerprint density at radius 2 is 1.36 bits per heavy atom. The van der Waals surface area contributed by atoms with Crippen LogP contribution in [0.5, 0.6) is 0 Å². The Labute approximate surface area is 86.4 Å². The molecule has 1 aliphatic heterocycles. The van der Waals surface area contributed by atoms with Crippen molar-refractivity contribution in [3.05, 3.63) is 0 Å². The van der Waals surface area contributed by atoms with Crippen LogP contribution in [0.2, 0.25) is 0 Å². The third-order valence-corrected chi connectivity index (χ3v) is 2.79. The molecule has 3 nitrogen and oxygen atoms in total. The molecular formula is C11H21NO2. The van der Waals surface area contributed by atoms with Gasteiger partial charge in [0.2, 0.25) is 0 Å². The van der Waals surface area contributed by atoms with Crippen LogP contribution in [-0.2, 0) is 4.74 Å². The molecule has 0 radical (unpaired) electrons. The standard InChI is InChI=1S/C11H21NO2/c1-14-11(13)12-9-7-5-3-2-4-6-8-10-12/h2-10H2,1H3. The molecule has 1 rings (SSSR count). The molecule has 0 unspecified atom stereocenters. The van der Waals surface area contributed by atoms with Crippen molar-refractivity contribution in [1.29, 1.82) is 0 Å². The number of amides is 1.